The number of aliphatic hydroxyl groups is 1. The molecule has 10 heavy (non-hydrogen) atoms. The molecular formula is C7H14O3. The van der Waals surface area contributed by atoms with Crippen molar-refractivity contribution in [3.63, 3.8) is 0 Å². The van der Waals surface area contributed by atoms with Crippen molar-refractivity contribution in [3.8, 4) is 0 Å². The molecule has 1 aliphatic heterocycles. The first-order valence-electron chi connectivity index (χ1n) is 3.60. The summed E-state index contributed by atoms with van der Waals surface area (Å²) >= 11 is 0. The lowest BCUT2D eigenvalue weighted by Crippen LogP contribution is -2.37. The molecule has 1 aliphatic rings. The van der Waals surface area contributed by atoms with Crippen molar-refractivity contribution in [3.05, 3.63) is 0 Å². The number of aliphatic hydroxyl groups excluding tert-OH is 1. The Kier molecular flexibility index (Phi) is 2.65. The van der Waals surface area contributed by atoms with E-state index in [1.165, 1.54) is 0 Å². The Morgan fingerprint density at radius 2 is 2.20 bits per heavy atom. The van der Waals surface area contributed by atoms with Crippen LogP contribution in [0.2, 0.25) is 0 Å². The predicted molar refractivity (Wildman–Crippen MR) is 36.6 cm³/mol. The summed E-state index contributed by atoms with van der Waals surface area (Å²) in [4.78, 5) is 0. The summed E-state index contributed by atoms with van der Waals surface area (Å²) in [7, 11) is 1.67. The molecule has 1 N–H and O–H groups in total. The van der Waals surface area contributed by atoms with E-state index < -0.39 is 6.29 Å². The molecule has 0 aromatic rings. The van der Waals surface area contributed by atoms with E-state index in [0.29, 0.717) is 6.42 Å². The zero-order valence-corrected chi connectivity index (χ0v) is 6.41. The Balaban J connectivity index is 2.36. The van der Waals surface area contributed by atoms with E-state index in [1.54, 1.807) is 7.11 Å². The molecule has 0 aromatic carbocycles. The molecule has 0 aliphatic carbocycles. The third kappa shape index (κ3) is 1.68. The van der Waals surface area contributed by atoms with Gasteiger partial charge in [-0.2, -0.15) is 0 Å². The highest BCUT2D eigenvalue weighted by Gasteiger charge is 2.26. The van der Waals surface area contributed by atoms with Gasteiger partial charge in [0.2, 0.25) is 0 Å². The standard InChI is InChI=1S/C7H14O3/c1-5-6(9-2)3-4-7(8)10-5/h5-8H,3-4H2,1-2H3/t5-,6-,7-/m0/s1. The Labute approximate surface area is 60.9 Å². The molecule has 0 aromatic heterocycles. The highest BCUT2D eigenvalue weighted by molar-refractivity contribution is 4.71. The molecular weight excluding hydrogens is 132 g/mol. The first-order chi connectivity index (χ1) is 4.74. The molecule has 0 saturated carbocycles. The summed E-state index contributed by atoms with van der Waals surface area (Å²) in [5.74, 6) is 0. The summed E-state index contributed by atoms with van der Waals surface area (Å²) in [6.07, 6.45) is 1.17. The van der Waals surface area contributed by atoms with Gasteiger partial charge in [-0.05, 0) is 13.3 Å². The summed E-state index contributed by atoms with van der Waals surface area (Å²) in [5.41, 5.74) is 0. The van der Waals surface area contributed by atoms with Crippen LogP contribution in [0.15, 0.2) is 0 Å². The minimum Gasteiger partial charge on any atom is -0.379 e. The zero-order valence-electron chi connectivity index (χ0n) is 6.41. The Morgan fingerprint density at radius 1 is 1.50 bits per heavy atom. The first-order valence-corrected chi connectivity index (χ1v) is 3.60. The van der Waals surface area contributed by atoms with Crippen LogP contribution >= 0.6 is 0 Å². The van der Waals surface area contributed by atoms with Gasteiger partial charge in [0.15, 0.2) is 6.29 Å². The highest BCUT2D eigenvalue weighted by Crippen LogP contribution is 2.19. The topological polar surface area (TPSA) is 38.7 Å². The van der Waals surface area contributed by atoms with Gasteiger partial charge in [0, 0.05) is 13.5 Å². The minimum absolute atomic E-state index is 0.0220. The lowest BCUT2D eigenvalue weighted by Gasteiger charge is -2.30. The van der Waals surface area contributed by atoms with Crippen LogP contribution < -0.4 is 0 Å². The molecule has 0 unspecified atom stereocenters. The van der Waals surface area contributed by atoms with Gasteiger partial charge in [-0.15, -0.1) is 0 Å². The van der Waals surface area contributed by atoms with Crippen molar-refractivity contribution >= 4 is 0 Å². The molecule has 0 spiro atoms. The van der Waals surface area contributed by atoms with E-state index in [9.17, 15) is 0 Å². The third-order valence-corrected chi connectivity index (χ3v) is 1.90. The van der Waals surface area contributed by atoms with Crippen LogP contribution in [-0.2, 0) is 9.47 Å². The van der Waals surface area contributed by atoms with Crippen molar-refractivity contribution < 1.29 is 14.6 Å². The fourth-order valence-corrected chi connectivity index (χ4v) is 1.25. The number of ether oxygens (including phenoxy) is 2. The van der Waals surface area contributed by atoms with Gasteiger partial charge >= 0.3 is 0 Å². The largest absolute Gasteiger partial charge is 0.379 e. The Hall–Kier alpha value is -0.120. The molecule has 3 atom stereocenters. The van der Waals surface area contributed by atoms with Gasteiger partial charge in [0.1, 0.15) is 0 Å². The number of hydrogen-bond donors (Lipinski definition) is 1. The minimum atomic E-state index is -0.582. The summed E-state index contributed by atoms with van der Waals surface area (Å²) in [5, 5.41) is 9.02. The SMILES string of the molecule is CO[C@H]1CC[C@@H](O)O[C@H]1C. The van der Waals surface area contributed by atoms with Crippen LogP contribution in [0.5, 0.6) is 0 Å². The smallest absolute Gasteiger partial charge is 0.155 e. The molecule has 0 radical (unpaired) electrons. The van der Waals surface area contributed by atoms with E-state index in [0.717, 1.165) is 6.42 Å². The predicted octanol–water partition coefficient (Wildman–Crippen LogP) is 0.519. The molecule has 1 fully saturated rings. The van der Waals surface area contributed by atoms with Gasteiger partial charge in [0.25, 0.3) is 0 Å². The molecule has 1 rings (SSSR count). The zero-order chi connectivity index (χ0) is 7.56. The lowest BCUT2D eigenvalue weighted by atomic mass is 10.1. The summed E-state index contributed by atoms with van der Waals surface area (Å²) in [6, 6.07) is 0. The lowest BCUT2D eigenvalue weighted by molar-refractivity contribution is -0.198. The molecule has 0 amide bonds. The van der Waals surface area contributed by atoms with E-state index in [4.69, 9.17) is 14.6 Å². The van der Waals surface area contributed by atoms with Gasteiger partial charge < -0.3 is 14.6 Å². The Bertz CT molecular complexity index is 105. The van der Waals surface area contributed by atoms with Crippen LogP contribution in [0.25, 0.3) is 0 Å². The fourth-order valence-electron chi connectivity index (χ4n) is 1.25. The average Bonchev–Trinajstić information content (AvgIpc) is 1.88. The molecule has 3 heteroatoms. The maximum atomic E-state index is 9.02. The van der Waals surface area contributed by atoms with E-state index >= 15 is 0 Å². The van der Waals surface area contributed by atoms with Crippen molar-refractivity contribution in [2.24, 2.45) is 0 Å². The maximum Gasteiger partial charge on any atom is 0.155 e. The van der Waals surface area contributed by atoms with Crippen molar-refractivity contribution in [1.29, 1.82) is 0 Å². The molecule has 3 nitrogen and oxygen atoms in total. The molecule has 0 bridgehead atoms. The van der Waals surface area contributed by atoms with Crippen molar-refractivity contribution in [2.45, 2.75) is 38.3 Å². The van der Waals surface area contributed by atoms with Crippen LogP contribution in [0.4, 0.5) is 0 Å². The van der Waals surface area contributed by atoms with E-state index in [1.807, 2.05) is 6.92 Å². The molecule has 1 heterocycles. The fraction of sp³-hybridized carbons (Fsp3) is 1.00. The normalized spacial score (nSPS) is 41.7. The molecule has 60 valence electrons. The second kappa shape index (κ2) is 3.32. The Morgan fingerprint density at radius 3 is 2.70 bits per heavy atom. The first kappa shape index (κ1) is 7.98. The van der Waals surface area contributed by atoms with Crippen LogP contribution in [-0.4, -0.2) is 30.7 Å². The second-order valence-corrected chi connectivity index (χ2v) is 2.65. The average molecular weight is 146 g/mol. The second-order valence-electron chi connectivity index (χ2n) is 2.65. The number of hydrogen-bond acceptors (Lipinski definition) is 3. The van der Waals surface area contributed by atoms with E-state index in [2.05, 4.69) is 0 Å². The van der Waals surface area contributed by atoms with E-state index in [-0.39, 0.29) is 12.2 Å². The summed E-state index contributed by atoms with van der Waals surface area (Å²) < 4.78 is 10.2. The third-order valence-electron chi connectivity index (χ3n) is 1.90. The van der Waals surface area contributed by atoms with Gasteiger partial charge in [-0.3, -0.25) is 0 Å². The highest BCUT2D eigenvalue weighted by atomic mass is 16.6. The number of methoxy groups -OCH3 is 1. The van der Waals surface area contributed by atoms with Gasteiger partial charge in [0.05, 0.1) is 12.2 Å². The van der Waals surface area contributed by atoms with Crippen molar-refractivity contribution in [1.82, 2.24) is 0 Å². The van der Waals surface area contributed by atoms with Crippen LogP contribution in [0.3, 0.4) is 0 Å². The number of rotatable bonds is 1. The van der Waals surface area contributed by atoms with Crippen LogP contribution in [0, 0.1) is 0 Å². The molecule has 1 saturated heterocycles. The maximum absolute atomic E-state index is 9.02. The van der Waals surface area contributed by atoms with Gasteiger partial charge in [-0.1, -0.05) is 0 Å². The quantitative estimate of drug-likeness (QED) is 0.586. The monoisotopic (exact) mass is 146 g/mol. The van der Waals surface area contributed by atoms with Crippen molar-refractivity contribution in [2.75, 3.05) is 7.11 Å². The van der Waals surface area contributed by atoms with Crippen LogP contribution in [0.1, 0.15) is 19.8 Å². The van der Waals surface area contributed by atoms with Gasteiger partial charge in [-0.25, -0.2) is 0 Å². The summed E-state index contributed by atoms with van der Waals surface area (Å²) in [6.45, 7) is 1.91.